The molecule has 1 N–H and O–H groups in total. The van der Waals surface area contributed by atoms with Crippen LogP contribution < -0.4 is 5.32 Å². The highest BCUT2D eigenvalue weighted by Gasteiger charge is 2.29. The van der Waals surface area contributed by atoms with Crippen molar-refractivity contribution in [2.24, 2.45) is 5.92 Å². The second kappa shape index (κ2) is 6.65. The maximum absolute atomic E-state index is 11.9. The normalized spacial score (nSPS) is 18.6. The van der Waals surface area contributed by atoms with Gasteiger partial charge in [0.15, 0.2) is 0 Å². The summed E-state index contributed by atoms with van der Waals surface area (Å²) in [6, 6.07) is 1.99. The average Bonchev–Trinajstić information content (AvgIpc) is 2.75. The Kier molecular flexibility index (Phi) is 4.89. The van der Waals surface area contributed by atoms with E-state index in [1.807, 2.05) is 24.9 Å². The second-order valence-corrected chi connectivity index (χ2v) is 5.18. The Hall–Kier alpha value is -1.69. The standard InChI is InChI=1S/C14H22N4O2/c1-10-6-12(17-14(15-2)16-10)7-11-8-13(19)18(9-11)4-5-20-3/h6,11H,4-5,7-9H2,1-3H3,(H,15,16,17). The zero-order valence-corrected chi connectivity index (χ0v) is 12.3. The van der Waals surface area contributed by atoms with Crippen LogP contribution in [0.4, 0.5) is 5.95 Å². The largest absolute Gasteiger partial charge is 0.383 e. The number of carbonyl (C=O) groups excluding carboxylic acids is 1. The molecule has 1 atom stereocenters. The molecule has 1 aromatic rings. The molecule has 1 amide bonds. The topological polar surface area (TPSA) is 67.4 Å². The molecule has 1 unspecified atom stereocenters. The van der Waals surface area contributed by atoms with Crippen molar-refractivity contribution in [1.82, 2.24) is 14.9 Å². The molecule has 1 aliphatic heterocycles. The lowest BCUT2D eigenvalue weighted by atomic mass is 10.0. The number of nitrogens with one attached hydrogen (secondary N) is 1. The smallest absolute Gasteiger partial charge is 0.223 e. The molecule has 1 aromatic heterocycles. The first kappa shape index (κ1) is 14.7. The fraction of sp³-hybridized carbons (Fsp3) is 0.643. The molecule has 6 nitrogen and oxygen atoms in total. The van der Waals surface area contributed by atoms with E-state index in [4.69, 9.17) is 4.74 Å². The van der Waals surface area contributed by atoms with E-state index in [0.717, 1.165) is 24.4 Å². The first-order valence-electron chi connectivity index (χ1n) is 6.91. The molecule has 20 heavy (non-hydrogen) atoms. The maximum atomic E-state index is 11.9. The minimum absolute atomic E-state index is 0.215. The predicted octanol–water partition coefficient (Wildman–Crippen LogP) is 0.864. The van der Waals surface area contributed by atoms with Crippen molar-refractivity contribution in [2.75, 3.05) is 39.2 Å². The summed E-state index contributed by atoms with van der Waals surface area (Å²) in [5.41, 5.74) is 1.94. The fourth-order valence-corrected chi connectivity index (χ4v) is 2.55. The number of likely N-dealkylation sites (tertiary alicyclic amines) is 1. The summed E-state index contributed by atoms with van der Waals surface area (Å²) in [5, 5.41) is 2.96. The molecular formula is C14H22N4O2. The minimum atomic E-state index is 0.215. The number of aromatic nitrogens is 2. The van der Waals surface area contributed by atoms with Crippen molar-refractivity contribution in [3.05, 3.63) is 17.5 Å². The molecule has 0 saturated carbocycles. The van der Waals surface area contributed by atoms with Gasteiger partial charge >= 0.3 is 0 Å². The number of anilines is 1. The van der Waals surface area contributed by atoms with Crippen LogP contribution in [0.5, 0.6) is 0 Å². The second-order valence-electron chi connectivity index (χ2n) is 5.18. The Balaban J connectivity index is 1.97. The van der Waals surface area contributed by atoms with Crippen molar-refractivity contribution >= 4 is 11.9 Å². The van der Waals surface area contributed by atoms with Gasteiger partial charge in [-0.05, 0) is 25.3 Å². The number of hydrogen-bond acceptors (Lipinski definition) is 5. The van der Waals surface area contributed by atoms with E-state index < -0.39 is 0 Å². The lowest BCUT2D eigenvalue weighted by Gasteiger charge is -2.16. The van der Waals surface area contributed by atoms with E-state index in [-0.39, 0.29) is 5.91 Å². The zero-order valence-electron chi connectivity index (χ0n) is 12.3. The molecule has 0 aromatic carbocycles. The average molecular weight is 278 g/mol. The van der Waals surface area contributed by atoms with E-state index in [1.54, 1.807) is 7.11 Å². The molecule has 0 radical (unpaired) electrons. The number of rotatable bonds is 6. The van der Waals surface area contributed by atoms with Gasteiger partial charge in [-0.25, -0.2) is 9.97 Å². The predicted molar refractivity (Wildman–Crippen MR) is 76.6 cm³/mol. The fourth-order valence-electron chi connectivity index (χ4n) is 2.55. The Morgan fingerprint density at radius 2 is 2.30 bits per heavy atom. The number of aryl methyl sites for hydroxylation is 1. The van der Waals surface area contributed by atoms with Gasteiger partial charge in [0.2, 0.25) is 11.9 Å². The van der Waals surface area contributed by atoms with Gasteiger partial charge in [0.25, 0.3) is 0 Å². The van der Waals surface area contributed by atoms with Gasteiger partial charge in [-0.1, -0.05) is 0 Å². The molecule has 1 fully saturated rings. The van der Waals surface area contributed by atoms with E-state index in [2.05, 4.69) is 15.3 Å². The molecule has 6 heteroatoms. The van der Waals surface area contributed by atoms with Gasteiger partial charge in [0.1, 0.15) is 0 Å². The summed E-state index contributed by atoms with van der Waals surface area (Å²) in [4.78, 5) is 22.5. The Bertz CT molecular complexity index is 478. The van der Waals surface area contributed by atoms with Gasteiger partial charge in [0.05, 0.1) is 6.61 Å². The number of hydrogen-bond donors (Lipinski definition) is 1. The van der Waals surface area contributed by atoms with Crippen molar-refractivity contribution in [2.45, 2.75) is 19.8 Å². The third-order valence-corrected chi connectivity index (χ3v) is 3.49. The monoisotopic (exact) mass is 278 g/mol. The molecule has 2 rings (SSSR count). The van der Waals surface area contributed by atoms with E-state index >= 15 is 0 Å². The quantitative estimate of drug-likeness (QED) is 0.836. The van der Waals surface area contributed by atoms with Crippen molar-refractivity contribution < 1.29 is 9.53 Å². The van der Waals surface area contributed by atoms with Gasteiger partial charge in [-0.2, -0.15) is 0 Å². The number of methoxy groups -OCH3 is 1. The number of carbonyl (C=O) groups is 1. The summed E-state index contributed by atoms with van der Waals surface area (Å²) < 4.78 is 5.03. The van der Waals surface area contributed by atoms with Gasteiger partial charge in [0, 0.05) is 45.1 Å². The molecule has 2 heterocycles. The molecule has 1 saturated heterocycles. The van der Waals surface area contributed by atoms with Crippen LogP contribution in [0.3, 0.4) is 0 Å². The first-order valence-corrected chi connectivity index (χ1v) is 6.91. The van der Waals surface area contributed by atoms with E-state index in [0.29, 0.717) is 31.4 Å². The molecule has 0 aliphatic carbocycles. The van der Waals surface area contributed by atoms with Crippen LogP contribution in [0.1, 0.15) is 17.8 Å². The van der Waals surface area contributed by atoms with Crippen LogP contribution in [-0.4, -0.2) is 54.6 Å². The summed E-state index contributed by atoms with van der Waals surface area (Å²) in [6.07, 6.45) is 1.41. The summed E-state index contributed by atoms with van der Waals surface area (Å²) in [7, 11) is 3.46. The van der Waals surface area contributed by atoms with Crippen molar-refractivity contribution in [3.8, 4) is 0 Å². The molecular weight excluding hydrogens is 256 g/mol. The van der Waals surface area contributed by atoms with Gasteiger partial charge in [-0.15, -0.1) is 0 Å². The lowest BCUT2D eigenvalue weighted by molar-refractivity contribution is -0.128. The number of ether oxygens (including phenoxy) is 1. The number of amides is 1. The highest BCUT2D eigenvalue weighted by atomic mass is 16.5. The number of nitrogens with zero attached hydrogens (tertiary/aromatic N) is 3. The van der Waals surface area contributed by atoms with Crippen LogP contribution >= 0.6 is 0 Å². The summed E-state index contributed by atoms with van der Waals surface area (Å²) in [5.74, 6) is 1.19. The Labute approximate surface area is 119 Å². The third kappa shape index (κ3) is 3.66. The zero-order chi connectivity index (χ0) is 14.5. The van der Waals surface area contributed by atoms with E-state index in [9.17, 15) is 4.79 Å². The van der Waals surface area contributed by atoms with Gasteiger partial charge in [-0.3, -0.25) is 4.79 Å². The Morgan fingerprint density at radius 1 is 1.50 bits per heavy atom. The lowest BCUT2D eigenvalue weighted by Crippen LogP contribution is -2.29. The van der Waals surface area contributed by atoms with E-state index in [1.165, 1.54) is 0 Å². The molecule has 0 spiro atoms. The van der Waals surface area contributed by atoms with Crippen LogP contribution in [0.2, 0.25) is 0 Å². The van der Waals surface area contributed by atoms with Gasteiger partial charge < -0.3 is 15.0 Å². The van der Waals surface area contributed by atoms with Crippen molar-refractivity contribution in [1.29, 1.82) is 0 Å². The first-order chi connectivity index (χ1) is 9.62. The van der Waals surface area contributed by atoms with Crippen LogP contribution in [0, 0.1) is 12.8 Å². The van der Waals surface area contributed by atoms with Crippen LogP contribution in [0.15, 0.2) is 6.07 Å². The molecule has 1 aliphatic rings. The third-order valence-electron chi connectivity index (χ3n) is 3.49. The Morgan fingerprint density at radius 3 is 3.00 bits per heavy atom. The highest BCUT2D eigenvalue weighted by molar-refractivity contribution is 5.78. The highest BCUT2D eigenvalue weighted by Crippen LogP contribution is 2.21. The summed E-state index contributed by atoms with van der Waals surface area (Å²) >= 11 is 0. The van der Waals surface area contributed by atoms with Crippen LogP contribution in [-0.2, 0) is 16.0 Å². The molecule has 0 bridgehead atoms. The SMILES string of the molecule is CNc1nc(C)cc(CC2CC(=O)N(CCOC)C2)n1. The minimum Gasteiger partial charge on any atom is -0.383 e. The maximum Gasteiger partial charge on any atom is 0.223 e. The van der Waals surface area contributed by atoms with Crippen LogP contribution in [0.25, 0.3) is 0 Å². The summed E-state index contributed by atoms with van der Waals surface area (Å²) in [6.45, 7) is 4.02. The van der Waals surface area contributed by atoms with Crippen molar-refractivity contribution in [3.63, 3.8) is 0 Å². The molecule has 110 valence electrons.